The molecule has 18 heavy (non-hydrogen) atoms. The van der Waals surface area contributed by atoms with E-state index in [0.29, 0.717) is 17.9 Å². The highest BCUT2D eigenvalue weighted by Gasteiger charge is 2.16. The number of hydrogen-bond acceptors (Lipinski definition) is 2. The number of nitrogens with one attached hydrogen (secondary N) is 1. The van der Waals surface area contributed by atoms with Gasteiger partial charge >= 0.3 is 0 Å². The molecular formula is C15H28N2O. The van der Waals surface area contributed by atoms with E-state index in [4.69, 9.17) is 5.11 Å². The van der Waals surface area contributed by atoms with Crippen molar-refractivity contribution in [3.63, 3.8) is 0 Å². The summed E-state index contributed by atoms with van der Waals surface area (Å²) in [6.45, 7) is 10.9. The van der Waals surface area contributed by atoms with Gasteiger partial charge in [0.15, 0.2) is 0 Å². The summed E-state index contributed by atoms with van der Waals surface area (Å²) in [4.78, 5) is 0. The molecule has 3 heteroatoms. The molecule has 2 unspecified atom stereocenters. The Kier molecular flexibility index (Phi) is 6.44. The summed E-state index contributed by atoms with van der Waals surface area (Å²) in [5.74, 6) is 0.897. The van der Waals surface area contributed by atoms with E-state index in [0.717, 1.165) is 19.5 Å². The lowest BCUT2D eigenvalue weighted by Crippen LogP contribution is -2.26. The van der Waals surface area contributed by atoms with Crippen molar-refractivity contribution in [3.05, 3.63) is 24.0 Å². The Morgan fingerprint density at radius 2 is 2.06 bits per heavy atom. The highest BCUT2D eigenvalue weighted by molar-refractivity contribution is 5.16. The van der Waals surface area contributed by atoms with Gasteiger partial charge < -0.3 is 15.0 Å². The molecule has 1 heterocycles. The Hall–Kier alpha value is -0.800. The third-order valence-corrected chi connectivity index (χ3v) is 3.25. The summed E-state index contributed by atoms with van der Waals surface area (Å²) in [6, 6.07) is 2.62. The van der Waals surface area contributed by atoms with Crippen LogP contribution in [0.15, 0.2) is 18.5 Å². The fraction of sp³-hybridized carbons (Fsp3) is 0.733. The minimum Gasteiger partial charge on any atom is -0.396 e. The van der Waals surface area contributed by atoms with E-state index in [1.54, 1.807) is 0 Å². The van der Waals surface area contributed by atoms with Crippen LogP contribution in [0.3, 0.4) is 0 Å². The van der Waals surface area contributed by atoms with Gasteiger partial charge in [-0.2, -0.15) is 0 Å². The fourth-order valence-electron chi connectivity index (χ4n) is 2.21. The number of nitrogens with zero attached hydrogens (tertiary/aromatic N) is 1. The Labute approximate surface area is 111 Å². The molecule has 0 aliphatic heterocycles. The van der Waals surface area contributed by atoms with Crippen LogP contribution in [-0.4, -0.2) is 22.8 Å². The number of rotatable bonds is 8. The van der Waals surface area contributed by atoms with Gasteiger partial charge in [0.25, 0.3) is 0 Å². The van der Waals surface area contributed by atoms with Crippen molar-refractivity contribution >= 4 is 0 Å². The van der Waals surface area contributed by atoms with Crippen LogP contribution in [0.25, 0.3) is 0 Å². The van der Waals surface area contributed by atoms with Gasteiger partial charge in [-0.05, 0) is 36.4 Å². The third kappa shape index (κ3) is 4.46. The summed E-state index contributed by atoms with van der Waals surface area (Å²) < 4.78 is 2.18. The normalized spacial score (nSPS) is 15.0. The molecule has 0 bridgehead atoms. The fourth-order valence-corrected chi connectivity index (χ4v) is 2.21. The van der Waals surface area contributed by atoms with Gasteiger partial charge in [-0.15, -0.1) is 0 Å². The number of aliphatic hydroxyl groups excluding tert-OH is 1. The monoisotopic (exact) mass is 252 g/mol. The van der Waals surface area contributed by atoms with Gasteiger partial charge in [0.2, 0.25) is 0 Å². The van der Waals surface area contributed by atoms with Crippen LogP contribution in [-0.2, 0) is 6.54 Å². The van der Waals surface area contributed by atoms with E-state index in [9.17, 15) is 0 Å². The first-order chi connectivity index (χ1) is 8.58. The van der Waals surface area contributed by atoms with E-state index in [2.05, 4.69) is 56.0 Å². The minimum atomic E-state index is 0.245. The van der Waals surface area contributed by atoms with Gasteiger partial charge in [-0.1, -0.05) is 27.7 Å². The summed E-state index contributed by atoms with van der Waals surface area (Å²) in [6.07, 6.45) is 5.48. The molecule has 2 N–H and O–H groups in total. The molecule has 3 nitrogen and oxygen atoms in total. The predicted molar refractivity (Wildman–Crippen MR) is 76.6 cm³/mol. The average molecular weight is 252 g/mol. The van der Waals surface area contributed by atoms with Crippen LogP contribution >= 0.6 is 0 Å². The maximum absolute atomic E-state index is 9.09. The lowest BCUT2D eigenvalue weighted by Gasteiger charge is -2.21. The van der Waals surface area contributed by atoms with E-state index in [1.165, 1.54) is 5.56 Å². The minimum absolute atomic E-state index is 0.245. The molecule has 1 aromatic rings. The first kappa shape index (κ1) is 15.3. The second kappa shape index (κ2) is 7.59. The molecule has 0 fully saturated rings. The zero-order chi connectivity index (χ0) is 13.5. The van der Waals surface area contributed by atoms with Crippen LogP contribution < -0.4 is 5.32 Å². The van der Waals surface area contributed by atoms with Crippen LogP contribution in [0.4, 0.5) is 0 Å². The highest BCUT2D eigenvalue weighted by Crippen LogP contribution is 2.22. The molecule has 104 valence electrons. The molecule has 0 aliphatic carbocycles. The van der Waals surface area contributed by atoms with Crippen molar-refractivity contribution in [2.24, 2.45) is 11.8 Å². The topological polar surface area (TPSA) is 37.2 Å². The Bertz CT molecular complexity index is 333. The molecule has 1 aromatic heterocycles. The van der Waals surface area contributed by atoms with Crippen LogP contribution in [0.1, 0.15) is 45.7 Å². The van der Waals surface area contributed by atoms with Gasteiger partial charge in [-0.25, -0.2) is 0 Å². The summed E-state index contributed by atoms with van der Waals surface area (Å²) in [5, 5.41) is 12.7. The Morgan fingerprint density at radius 1 is 1.33 bits per heavy atom. The van der Waals surface area contributed by atoms with Crippen molar-refractivity contribution in [1.82, 2.24) is 9.88 Å². The van der Waals surface area contributed by atoms with Gasteiger partial charge in [0.05, 0.1) is 0 Å². The second-order valence-corrected chi connectivity index (χ2v) is 5.61. The van der Waals surface area contributed by atoms with Crippen molar-refractivity contribution in [3.8, 4) is 0 Å². The summed E-state index contributed by atoms with van der Waals surface area (Å²) >= 11 is 0. The van der Waals surface area contributed by atoms with Crippen molar-refractivity contribution in [2.75, 3.05) is 13.2 Å². The standard InChI is InChI=1S/C15H28N2O/c1-5-7-16-15(12(2)3)14-6-8-17(10-14)9-13(4)11-18/h6,8,10,12-13,15-16,18H,5,7,9,11H2,1-4H3. The van der Waals surface area contributed by atoms with E-state index in [1.807, 2.05) is 0 Å². The van der Waals surface area contributed by atoms with Crippen molar-refractivity contribution < 1.29 is 5.11 Å². The largest absolute Gasteiger partial charge is 0.396 e. The molecular weight excluding hydrogens is 224 g/mol. The van der Waals surface area contributed by atoms with E-state index in [-0.39, 0.29) is 6.61 Å². The van der Waals surface area contributed by atoms with Gasteiger partial charge in [0.1, 0.15) is 0 Å². The molecule has 0 radical (unpaired) electrons. The molecule has 0 aromatic carbocycles. The summed E-state index contributed by atoms with van der Waals surface area (Å²) in [7, 11) is 0. The van der Waals surface area contributed by atoms with E-state index >= 15 is 0 Å². The Balaban J connectivity index is 2.68. The van der Waals surface area contributed by atoms with Gasteiger partial charge in [-0.3, -0.25) is 0 Å². The summed E-state index contributed by atoms with van der Waals surface area (Å²) in [5.41, 5.74) is 1.35. The number of aromatic nitrogens is 1. The molecule has 1 rings (SSSR count). The van der Waals surface area contributed by atoms with Crippen LogP contribution in [0.2, 0.25) is 0 Å². The van der Waals surface area contributed by atoms with Crippen molar-refractivity contribution in [2.45, 2.75) is 46.7 Å². The molecule has 0 amide bonds. The van der Waals surface area contributed by atoms with Gasteiger partial charge in [0, 0.05) is 31.6 Å². The first-order valence-electron chi connectivity index (χ1n) is 7.08. The SMILES string of the molecule is CCCNC(c1ccn(CC(C)CO)c1)C(C)C. The zero-order valence-corrected chi connectivity index (χ0v) is 12.2. The zero-order valence-electron chi connectivity index (χ0n) is 12.2. The molecule has 2 atom stereocenters. The molecule has 0 spiro atoms. The van der Waals surface area contributed by atoms with Crippen LogP contribution in [0.5, 0.6) is 0 Å². The molecule has 0 aliphatic rings. The average Bonchev–Trinajstić information content (AvgIpc) is 2.77. The second-order valence-electron chi connectivity index (χ2n) is 5.61. The van der Waals surface area contributed by atoms with E-state index < -0.39 is 0 Å². The Morgan fingerprint density at radius 3 is 2.61 bits per heavy atom. The predicted octanol–water partition coefficient (Wildman–Crippen LogP) is 2.81. The van der Waals surface area contributed by atoms with Crippen LogP contribution in [0, 0.1) is 11.8 Å². The maximum Gasteiger partial charge on any atom is 0.0473 e. The first-order valence-corrected chi connectivity index (χ1v) is 7.08. The maximum atomic E-state index is 9.09. The number of aliphatic hydroxyl groups is 1. The molecule has 0 saturated heterocycles. The smallest absolute Gasteiger partial charge is 0.0473 e. The quantitative estimate of drug-likeness (QED) is 0.746. The lowest BCUT2D eigenvalue weighted by molar-refractivity contribution is 0.223. The van der Waals surface area contributed by atoms with Crippen molar-refractivity contribution in [1.29, 1.82) is 0 Å². The number of hydrogen-bond donors (Lipinski definition) is 2. The highest BCUT2D eigenvalue weighted by atomic mass is 16.3. The lowest BCUT2D eigenvalue weighted by atomic mass is 9.98. The third-order valence-electron chi connectivity index (χ3n) is 3.25. The molecule has 0 saturated carbocycles.